The van der Waals surface area contributed by atoms with Crippen LogP contribution in [0.5, 0.6) is 5.88 Å². The van der Waals surface area contributed by atoms with Crippen LogP contribution < -0.4 is 9.64 Å². The van der Waals surface area contributed by atoms with E-state index >= 15 is 0 Å². The first-order valence-corrected chi connectivity index (χ1v) is 15.4. The summed E-state index contributed by atoms with van der Waals surface area (Å²) in [4.78, 5) is 19.4. The fraction of sp³-hybridized carbons (Fsp3) is 0.379. The molecule has 3 aromatic rings. The van der Waals surface area contributed by atoms with Gasteiger partial charge in [-0.15, -0.1) is 0 Å². The van der Waals surface area contributed by atoms with Gasteiger partial charge in [0.2, 0.25) is 5.88 Å². The lowest BCUT2D eigenvalue weighted by atomic mass is 10.0. The third kappa shape index (κ3) is 7.23. The molecule has 204 valence electrons. The number of halogens is 3. The van der Waals surface area contributed by atoms with Crippen LogP contribution in [-0.2, 0) is 17.2 Å². The van der Waals surface area contributed by atoms with Gasteiger partial charge in [0, 0.05) is 18.3 Å². The van der Waals surface area contributed by atoms with Gasteiger partial charge in [0.25, 0.3) is 5.91 Å². The van der Waals surface area contributed by atoms with E-state index in [-0.39, 0.29) is 47.6 Å². The second kappa shape index (κ2) is 11.7. The Bertz CT molecular complexity index is 1240. The van der Waals surface area contributed by atoms with Crippen molar-refractivity contribution in [3.63, 3.8) is 0 Å². The molecule has 0 unspecified atom stereocenters. The van der Waals surface area contributed by atoms with E-state index in [2.05, 4.69) is 38.8 Å². The molecule has 1 aromatic heterocycles. The summed E-state index contributed by atoms with van der Waals surface area (Å²) in [6.07, 6.45) is -4.55. The molecule has 9 heteroatoms. The van der Waals surface area contributed by atoms with Gasteiger partial charge < -0.3 is 14.1 Å². The van der Waals surface area contributed by atoms with Crippen LogP contribution in [0, 0.1) is 6.92 Å². The summed E-state index contributed by atoms with van der Waals surface area (Å²) in [5, 5.41) is -0.0556. The zero-order chi connectivity index (χ0) is 28.1. The average Bonchev–Trinajstić information content (AvgIpc) is 2.85. The van der Waals surface area contributed by atoms with Crippen molar-refractivity contribution in [2.24, 2.45) is 0 Å². The molecule has 0 fully saturated rings. The molecular formula is C29H35F3N2O3Si. The molecule has 0 saturated heterocycles. The van der Waals surface area contributed by atoms with Crippen LogP contribution in [-0.4, -0.2) is 32.4 Å². The molecule has 0 radical (unpaired) electrons. The summed E-state index contributed by atoms with van der Waals surface area (Å²) < 4.78 is 53.1. The minimum Gasteiger partial charge on any atom is -0.473 e. The molecule has 0 N–H and O–H groups in total. The lowest BCUT2D eigenvalue weighted by Gasteiger charge is -2.37. The highest BCUT2D eigenvalue weighted by atomic mass is 28.4. The first-order chi connectivity index (χ1) is 17.7. The van der Waals surface area contributed by atoms with Gasteiger partial charge >= 0.3 is 6.18 Å². The number of alkyl halides is 3. The Balaban J connectivity index is 1.91. The Morgan fingerprint density at radius 1 is 0.947 bits per heavy atom. The maximum absolute atomic E-state index is 13.7. The number of hydrogen-bond acceptors (Lipinski definition) is 4. The average molecular weight is 545 g/mol. The van der Waals surface area contributed by atoms with Crippen molar-refractivity contribution in [2.75, 3.05) is 18.1 Å². The molecule has 0 bridgehead atoms. The Kier molecular flexibility index (Phi) is 9.04. The van der Waals surface area contributed by atoms with Crippen molar-refractivity contribution >= 4 is 19.9 Å². The Morgan fingerprint density at radius 2 is 1.61 bits per heavy atom. The summed E-state index contributed by atoms with van der Waals surface area (Å²) in [5.41, 5.74) is 0.360. The van der Waals surface area contributed by atoms with Crippen molar-refractivity contribution in [1.82, 2.24) is 4.98 Å². The van der Waals surface area contributed by atoms with E-state index in [0.717, 1.165) is 11.6 Å². The number of nitrogens with zero attached hydrogens (tertiary/aromatic N) is 2. The van der Waals surface area contributed by atoms with E-state index in [4.69, 9.17) is 9.16 Å². The fourth-order valence-corrected chi connectivity index (χ4v) is 4.68. The molecule has 0 spiro atoms. The molecule has 0 atom stereocenters. The van der Waals surface area contributed by atoms with E-state index in [1.54, 1.807) is 12.1 Å². The molecule has 0 aliphatic rings. The van der Waals surface area contributed by atoms with Gasteiger partial charge in [-0.1, -0.05) is 63.2 Å². The number of hydrogen-bond donors (Lipinski definition) is 0. The van der Waals surface area contributed by atoms with E-state index in [0.29, 0.717) is 0 Å². The number of ether oxygens (including phenoxy) is 1. The third-order valence-corrected chi connectivity index (χ3v) is 11.4. The molecule has 0 saturated carbocycles. The fourth-order valence-electron chi connectivity index (χ4n) is 3.65. The molecular weight excluding hydrogens is 509 g/mol. The lowest BCUT2D eigenvalue weighted by molar-refractivity contribution is -0.138. The smallest absolute Gasteiger partial charge is 0.416 e. The third-order valence-electron chi connectivity index (χ3n) is 6.90. The van der Waals surface area contributed by atoms with Crippen LogP contribution in [0.25, 0.3) is 0 Å². The molecule has 2 aromatic carbocycles. The summed E-state index contributed by atoms with van der Waals surface area (Å²) in [7, 11) is -2.15. The maximum Gasteiger partial charge on any atom is 0.416 e. The number of rotatable bonds is 9. The summed E-state index contributed by atoms with van der Waals surface area (Å²) >= 11 is 0. The van der Waals surface area contributed by atoms with E-state index < -0.39 is 26.0 Å². The van der Waals surface area contributed by atoms with Gasteiger partial charge in [0.05, 0.1) is 12.2 Å². The second-order valence-corrected chi connectivity index (χ2v) is 15.5. The first kappa shape index (κ1) is 29.4. The Hall–Kier alpha value is -3.17. The van der Waals surface area contributed by atoms with Crippen molar-refractivity contribution < 1.29 is 27.1 Å². The van der Waals surface area contributed by atoms with Crippen molar-refractivity contribution in [1.29, 1.82) is 0 Å². The zero-order valence-corrected chi connectivity index (χ0v) is 23.7. The maximum atomic E-state index is 13.7. The van der Waals surface area contributed by atoms with Crippen molar-refractivity contribution in [2.45, 2.75) is 58.6 Å². The highest BCUT2D eigenvalue weighted by Gasteiger charge is 2.38. The van der Waals surface area contributed by atoms with Gasteiger partial charge in [-0.05, 0) is 54.4 Å². The van der Waals surface area contributed by atoms with Gasteiger partial charge in [0.15, 0.2) is 8.32 Å². The van der Waals surface area contributed by atoms with E-state index in [9.17, 15) is 18.0 Å². The monoisotopic (exact) mass is 544 g/mol. The summed E-state index contributed by atoms with van der Waals surface area (Å²) in [6, 6.07) is 18.2. The predicted molar refractivity (Wildman–Crippen MR) is 146 cm³/mol. The standard InChI is InChI=1S/C29H35F3N2O3Si/c1-21-23(29(30,31)32)14-10-16-25(21)34(18-19-37-38(5,6)28(2,3)4)27(35)24-15-11-17-26(33-24)36-20-22-12-8-7-9-13-22/h7-17H,18-20H2,1-6H3. The Labute approximate surface area is 223 Å². The molecule has 3 rings (SSSR count). The van der Waals surface area contributed by atoms with Crippen LogP contribution in [0.4, 0.5) is 18.9 Å². The lowest BCUT2D eigenvalue weighted by Crippen LogP contribution is -2.44. The number of pyridine rings is 1. The zero-order valence-electron chi connectivity index (χ0n) is 22.7. The van der Waals surface area contributed by atoms with E-state index in [1.807, 2.05) is 30.3 Å². The quantitative estimate of drug-likeness (QED) is 0.260. The number of amides is 1. The minimum absolute atomic E-state index is 0.0304. The van der Waals surface area contributed by atoms with Gasteiger partial charge in [-0.25, -0.2) is 4.98 Å². The number of aromatic nitrogens is 1. The predicted octanol–water partition coefficient (Wildman–Crippen LogP) is 7.66. The molecule has 5 nitrogen and oxygen atoms in total. The first-order valence-electron chi connectivity index (χ1n) is 12.5. The van der Waals surface area contributed by atoms with Crippen LogP contribution in [0.15, 0.2) is 66.7 Å². The van der Waals surface area contributed by atoms with Crippen LogP contribution in [0.2, 0.25) is 18.1 Å². The van der Waals surface area contributed by atoms with Crippen LogP contribution >= 0.6 is 0 Å². The number of carbonyl (C=O) groups is 1. The molecule has 0 aliphatic heterocycles. The molecule has 1 heterocycles. The van der Waals surface area contributed by atoms with E-state index in [1.165, 1.54) is 30.0 Å². The van der Waals surface area contributed by atoms with Crippen LogP contribution in [0.3, 0.4) is 0 Å². The molecule has 0 aliphatic carbocycles. The van der Waals surface area contributed by atoms with Gasteiger partial charge in [-0.2, -0.15) is 13.2 Å². The topological polar surface area (TPSA) is 51.7 Å². The Morgan fingerprint density at radius 3 is 2.24 bits per heavy atom. The normalized spacial score (nSPS) is 12.3. The molecule has 38 heavy (non-hydrogen) atoms. The largest absolute Gasteiger partial charge is 0.473 e. The SMILES string of the molecule is Cc1c(N(CCO[Si](C)(C)C(C)(C)C)C(=O)c2cccc(OCc3ccccc3)n2)cccc1C(F)(F)F. The number of benzene rings is 2. The highest BCUT2D eigenvalue weighted by molar-refractivity contribution is 6.74. The summed E-state index contributed by atoms with van der Waals surface area (Å²) in [6.45, 7) is 12.4. The van der Waals surface area contributed by atoms with Gasteiger partial charge in [-0.3, -0.25) is 4.79 Å². The molecule has 1 amide bonds. The minimum atomic E-state index is -4.55. The summed E-state index contributed by atoms with van der Waals surface area (Å²) in [5.74, 6) is -0.283. The van der Waals surface area contributed by atoms with Crippen LogP contribution in [0.1, 0.15) is 48.0 Å². The van der Waals surface area contributed by atoms with Gasteiger partial charge in [0.1, 0.15) is 12.3 Å². The number of anilines is 1. The van der Waals surface area contributed by atoms with Crippen molar-refractivity contribution in [3.8, 4) is 5.88 Å². The second-order valence-electron chi connectivity index (χ2n) is 10.6. The number of carbonyl (C=O) groups excluding carboxylic acids is 1. The highest BCUT2D eigenvalue weighted by Crippen LogP contribution is 2.38. The van der Waals surface area contributed by atoms with Crippen molar-refractivity contribution in [3.05, 3.63) is 89.1 Å².